The van der Waals surface area contributed by atoms with Crippen LogP contribution in [0.2, 0.25) is 5.15 Å². The molecule has 102 valence electrons. The smallest absolute Gasteiger partial charge is 0.401 e. The monoisotopic (exact) mass is 285 g/mol. The van der Waals surface area contributed by atoms with Crippen molar-refractivity contribution in [1.29, 1.82) is 0 Å². The van der Waals surface area contributed by atoms with Crippen LogP contribution in [-0.4, -0.2) is 44.8 Å². The molecule has 0 bridgehead atoms. The lowest BCUT2D eigenvalue weighted by Gasteiger charge is -2.21. The summed E-state index contributed by atoms with van der Waals surface area (Å²) in [5.74, 6) is -1.06. The first-order chi connectivity index (χ1) is 8.19. The Morgan fingerprint density at radius 2 is 2.22 bits per heavy atom. The SMILES string of the molecule is Cn1c(Cl)cnc1CN(CC(=O)O)CC(F)(F)F. The molecule has 0 amide bonds. The first-order valence-electron chi connectivity index (χ1n) is 4.86. The van der Waals surface area contributed by atoms with Crippen molar-refractivity contribution in [3.05, 3.63) is 17.2 Å². The molecule has 1 N–H and O–H groups in total. The summed E-state index contributed by atoms with van der Waals surface area (Å²) in [6, 6.07) is 0. The molecule has 5 nitrogen and oxygen atoms in total. The fourth-order valence-electron chi connectivity index (χ4n) is 1.38. The van der Waals surface area contributed by atoms with E-state index < -0.39 is 25.2 Å². The van der Waals surface area contributed by atoms with Gasteiger partial charge in [0.1, 0.15) is 11.0 Å². The van der Waals surface area contributed by atoms with Crippen molar-refractivity contribution in [1.82, 2.24) is 14.5 Å². The zero-order chi connectivity index (χ0) is 13.9. The third-order valence-electron chi connectivity index (χ3n) is 2.15. The van der Waals surface area contributed by atoms with Crippen LogP contribution in [-0.2, 0) is 18.4 Å². The van der Waals surface area contributed by atoms with Crippen LogP contribution >= 0.6 is 11.6 Å². The highest BCUT2D eigenvalue weighted by Crippen LogP contribution is 2.18. The van der Waals surface area contributed by atoms with Crippen molar-refractivity contribution in [2.75, 3.05) is 13.1 Å². The lowest BCUT2D eigenvalue weighted by atomic mass is 10.4. The Labute approximate surface area is 106 Å². The number of carboxylic acid groups (broad SMARTS) is 1. The molecular weight excluding hydrogens is 275 g/mol. The number of halogens is 4. The average Bonchev–Trinajstić information content (AvgIpc) is 2.46. The molecule has 0 unspecified atom stereocenters. The maximum atomic E-state index is 12.3. The maximum Gasteiger partial charge on any atom is 0.401 e. The molecule has 0 aliphatic heterocycles. The number of carboxylic acids is 1. The predicted octanol–water partition coefficient (Wildman–Crippen LogP) is 1.52. The minimum absolute atomic E-state index is 0.241. The first-order valence-corrected chi connectivity index (χ1v) is 5.24. The van der Waals surface area contributed by atoms with Crippen molar-refractivity contribution < 1.29 is 23.1 Å². The summed E-state index contributed by atoms with van der Waals surface area (Å²) < 4.78 is 38.2. The zero-order valence-corrected chi connectivity index (χ0v) is 10.2. The molecule has 0 fully saturated rings. The van der Waals surface area contributed by atoms with Crippen LogP contribution in [0.25, 0.3) is 0 Å². The molecule has 0 saturated carbocycles. The van der Waals surface area contributed by atoms with Gasteiger partial charge in [0.15, 0.2) is 0 Å². The number of nitrogens with zero attached hydrogens (tertiary/aromatic N) is 3. The fourth-order valence-corrected chi connectivity index (χ4v) is 1.53. The summed E-state index contributed by atoms with van der Waals surface area (Å²) in [5.41, 5.74) is 0. The summed E-state index contributed by atoms with van der Waals surface area (Å²) in [7, 11) is 1.54. The van der Waals surface area contributed by atoms with E-state index in [2.05, 4.69) is 4.98 Å². The minimum atomic E-state index is -4.47. The number of alkyl halides is 3. The van der Waals surface area contributed by atoms with Gasteiger partial charge in [-0.1, -0.05) is 11.6 Å². The van der Waals surface area contributed by atoms with Crippen LogP contribution in [0.4, 0.5) is 13.2 Å². The number of aromatic nitrogens is 2. The van der Waals surface area contributed by atoms with Gasteiger partial charge in [-0.05, 0) is 0 Å². The zero-order valence-electron chi connectivity index (χ0n) is 9.41. The molecule has 1 aromatic rings. The van der Waals surface area contributed by atoms with Crippen molar-refractivity contribution >= 4 is 17.6 Å². The number of imidazole rings is 1. The highest BCUT2D eigenvalue weighted by Gasteiger charge is 2.32. The molecule has 0 aromatic carbocycles. The number of carbonyl (C=O) groups is 1. The lowest BCUT2D eigenvalue weighted by Crippen LogP contribution is -2.38. The Hall–Kier alpha value is -1.28. The second-order valence-corrected chi connectivity index (χ2v) is 4.10. The van der Waals surface area contributed by atoms with E-state index in [0.717, 1.165) is 4.90 Å². The molecule has 0 aliphatic carbocycles. The van der Waals surface area contributed by atoms with E-state index >= 15 is 0 Å². The van der Waals surface area contributed by atoms with Gasteiger partial charge in [-0.15, -0.1) is 0 Å². The Bertz CT molecular complexity index is 433. The summed E-state index contributed by atoms with van der Waals surface area (Å²) in [6.45, 7) is -2.28. The Morgan fingerprint density at radius 3 is 2.61 bits per heavy atom. The molecule has 9 heteroatoms. The normalized spacial score (nSPS) is 12.1. The molecule has 0 aliphatic rings. The van der Waals surface area contributed by atoms with E-state index in [-0.39, 0.29) is 17.5 Å². The highest BCUT2D eigenvalue weighted by atomic mass is 35.5. The van der Waals surface area contributed by atoms with E-state index in [9.17, 15) is 18.0 Å². The Balaban J connectivity index is 2.78. The quantitative estimate of drug-likeness (QED) is 0.891. The highest BCUT2D eigenvalue weighted by molar-refractivity contribution is 6.29. The number of aliphatic carboxylic acids is 1. The largest absolute Gasteiger partial charge is 0.480 e. The number of hydrogen-bond donors (Lipinski definition) is 1. The topological polar surface area (TPSA) is 58.4 Å². The van der Waals surface area contributed by atoms with Gasteiger partial charge in [0.05, 0.1) is 25.8 Å². The molecule has 18 heavy (non-hydrogen) atoms. The van der Waals surface area contributed by atoms with Gasteiger partial charge in [-0.25, -0.2) is 4.98 Å². The third kappa shape index (κ3) is 4.53. The van der Waals surface area contributed by atoms with Crippen LogP contribution in [0, 0.1) is 0 Å². The van der Waals surface area contributed by atoms with Gasteiger partial charge >= 0.3 is 12.1 Å². The summed E-state index contributed by atoms with van der Waals surface area (Å²) in [6.07, 6.45) is -3.17. The number of rotatable bonds is 5. The van der Waals surface area contributed by atoms with Crippen LogP contribution in [0.1, 0.15) is 5.82 Å². The van der Waals surface area contributed by atoms with Crippen molar-refractivity contribution in [3.63, 3.8) is 0 Å². The van der Waals surface area contributed by atoms with Crippen LogP contribution < -0.4 is 0 Å². The summed E-state index contributed by atoms with van der Waals surface area (Å²) in [4.78, 5) is 15.1. The van der Waals surface area contributed by atoms with E-state index in [1.54, 1.807) is 0 Å². The molecule has 1 aromatic heterocycles. The van der Waals surface area contributed by atoms with Gasteiger partial charge < -0.3 is 9.67 Å². The van der Waals surface area contributed by atoms with Crippen LogP contribution in [0.3, 0.4) is 0 Å². The van der Waals surface area contributed by atoms with Gasteiger partial charge in [-0.3, -0.25) is 9.69 Å². The summed E-state index contributed by atoms with van der Waals surface area (Å²) >= 11 is 5.70. The van der Waals surface area contributed by atoms with Crippen molar-refractivity contribution in [2.45, 2.75) is 12.7 Å². The molecule has 0 saturated heterocycles. The summed E-state index contributed by atoms with van der Waals surface area (Å²) in [5, 5.41) is 8.84. The van der Waals surface area contributed by atoms with Crippen LogP contribution in [0.5, 0.6) is 0 Å². The van der Waals surface area contributed by atoms with Gasteiger partial charge in [-0.2, -0.15) is 13.2 Å². The fraction of sp³-hybridized carbons (Fsp3) is 0.556. The minimum Gasteiger partial charge on any atom is -0.480 e. The van der Waals surface area contributed by atoms with E-state index in [1.165, 1.54) is 17.8 Å². The standard InChI is InChI=1S/C9H11ClF3N3O2/c1-15-6(10)2-14-7(15)3-16(4-8(17)18)5-9(11,12)13/h2H,3-5H2,1H3,(H,17,18). The average molecular weight is 286 g/mol. The van der Waals surface area contributed by atoms with Crippen LogP contribution in [0.15, 0.2) is 6.20 Å². The van der Waals surface area contributed by atoms with Gasteiger partial charge in [0.2, 0.25) is 0 Å². The lowest BCUT2D eigenvalue weighted by molar-refractivity contribution is -0.155. The molecule has 1 rings (SSSR count). The molecule has 1 heterocycles. The number of hydrogen-bond acceptors (Lipinski definition) is 3. The van der Waals surface area contributed by atoms with Gasteiger partial charge in [0.25, 0.3) is 0 Å². The maximum absolute atomic E-state index is 12.3. The van der Waals surface area contributed by atoms with E-state index in [4.69, 9.17) is 16.7 Å². The molecule has 0 radical (unpaired) electrons. The Morgan fingerprint density at radius 1 is 1.61 bits per heavy atom. The Kier molecular flexibility index (Phi) is 4.58. The third-order valence-corrected chi connectivity index (χ3v) is 2.51. The second kappa shape index (κ2) is 5.57. The van der Waals surface area contributed by atoms with E-state index in [0.29, 0.717) is 0 Å². The molecule has 0 spiro atoms. The van der Waals surface area contributed by atoms with E-state index in [1.807, 2.05) is 0 Å². The molecular formula is C9H11ClF3N3O2. The van der Waals surface area contributed by atoms with Gasteiger partial charge in [0, 0.05) is 7.05 Å². The predicted molar refractivity (Wildman–Crippen MR) is 57.2 cm³/mol. The second-order valence-electron chi connectivity index (χ2n) is 3.71. The molecule has 0 atom stereocenters. The van der Waals surface area contributed by atoms with Crippen molar-refractivity contribution in [2.24, 2.45) is 7.05 Å². The first kappa shape index (κ1) is 14.8. The van der Waals surface area contributed by atoms with Crippen molar-refractivity contribution in [3.8, 4) is 0 Å².